The summed E-state index contributed by atoms with van der Waals surface area (Å²) >= 11 is 0. The Kier molecular flexibility index (Phi) is 4.08. The van der Waals surface area contributed by atoms with Crippen LogP contribution < -0.4 is 5.32 Å². The van der Waals surface area contributed by atoms with E-state index in [9.17, 15) is 4.79 Å². The highest BCUT2D eigenvalue weighted by atomic mass is 16.4. The molecule has 0 radical (unpaired) electrons. The molecule has 0 aliphatic heterocycles. The number of hydrogen-bond acceptors (Lipinski definition) is 3. The van der Waals surface area contributed by atoms with Crippen LogP contribution in [0.2, 0.25) is 0 Å². The predicted octanol–water partition coefficient (Wildman–Crippen LogP) is 1.38. The molecule has 4 nitrogen and oxygen atoms in total. The van der Waals surface area contributed by atoms with Gasteiger partial charge in [0.25, 0.3) is 0 Å². The molecule has 80 valence electrons. The summed E-state index contributed by atoms with van der Waals surface area (Å²) in [5.41, 5.74) is -1.39. The zero-order valence-electron chi connectivity index (χ0n) is 9.22. The minimum absolute atomic E-state index is 0.388. The first kappa shape index (κ1) is 12.9. The predicted molar refractivity (Wildman–Crippen MR) is 53.7 cm³/mol. The van der Waals surface area contributed by atoms with E-state index in [1.54, 1.807) is 13.8 Å². The van der Waals surface area contributed by atoms with E-state index in [1.807, 2.05) is 19.9 Å². The van der Waals surface area contributed by atoms with Crippen LogP contribution in [0.25, 0.3) is 0 Å². The van der Waals surface area contributed by atoms with Crippen molar-refractivity contribution in [2.45, 2.75) is 39.7 Å². The lowest BCUT2D eigenvalue weighted by molar-refractivity contribution is -0.151. The smallest absolute Gasteiger partial charge is 0.310 e. The molecule has 0 saturated heterocycles. The van der Waals surface area contributed by atoms with Gasteiger partial charge in [-0.2, -0.15) is 5.26 Å². The Morgan fingerprint density at radius 3 is 2.29 bits per heavy atom. The molecule has 2 N–H and O–H groups in total. The molecule has 0 heterocycles. The van der Waals surface area contributed by atoms with Crippen molar-refractivity contribution in [3.8, 4) is 6.07 Å². The van der Waals surface area contributed by atoms with Gasteiger partial charge in [-0.3, -0.25) is 4.79 Å². The van der Waals surface area contributed by atoms with Gasteiger partial charge in [-0.05, 0) is 27.7 Å². The van der Waals surface area contributed by atoms with Crippen molar-refractivity contribution in [1.82, 2.24) is 5.32 Å². The molecule has 0 rings (SSSR count). The first-order valence-corrected chi connectivity index (χ1v) is 4.61. The zero-order chi connectivity index (χ0) is 11.4. The highest BCUT2D eigenvalue weighted by molar-refractivity contribution is 5.75. The minimum Gasteiger partial charge on any atom is -0.481 e. The zero-order valence-corrected chi connectivity index (χ0v) is 9.22. The van der Waals surface area contributed by atoms with Gasteiger partial charge < -0.3 is 10.4 Å². The van der Waals surface area contributed by atoms with Crippen LogP contribution in [-0.2, 0) is 4.79 Å². The van der Waals surface area contributed by atoms with Crippen molar-refractivity contribution < 1.29 is 9.90 Å². The van der Waals surface area contributed by atoms with Crippen LogP contribution in [0.4, 0.5) is 0 Å². The van der Waals surface area contributed by atoms with Crippen LogP contribution in [0.5, 0.6) is 0 Å². The second-order valence-electron chi connectivity index (χ2n) is 4.39. The van der Waals surface area contributed by atoms with Crippen molar-refractivity contribution in [3.63, 3.8) is 0 Å². The first-order valence-electron chi connectivity index (χ1n) is 4.61. The summed E-state index contributed by atoms with van der Waals surface area (Å²) in [4.78, 5) is 11.0. The van der Waals surface area contributed by atoms with Gasteiger partial charge in [0.15, 0.2) is 0 Å². The summed E-state index contributed by atoms with van der Waals surface area (Å²) in [6.45, 7) is 7.53. The Morgan fingerprint density at radius 1 is 1.43 bits per heavy atom. The van der Waals surface area contributed by atoms with E-state index in [1.165, 1.54) is 0 Å². The van der Waals surface area contributed by atoms with Gasteiger partial charge in [0, 0.05) is 18.5 Å². The number of hydrogen-bond donors (Lipinski definition) is 2. The third-order valence-electron chi connectivity index (χ3n) is 2.90. The molecule has 0 aromatic carbocycles. The number of aliphatic carboxylic acids is 1. The molecule has 0 aromatic rings. The molecule has 0 amide bonds. The monoisotopic (exact) mass is 198 g/mol. The number of carbonyl (C=O) groups is 1. The lowest BCUT2D eigenvalue weighted by Crippen LogP contribution is -2.55. The van der Waals surface area contributed by atoms with E-state index in [4.69, 9.17) is 10.4 Å². The number of nitrogens with zero attached hydrogens (tertiary/aromatic N) is 1. The molecule has 4 heteroatoms. The van der Waals surface area contributed by atoms with Gasteiger partial charge in [-0.15, -0.1) is 0 Å². The second-order valence-corrected chi connectivity index (χ2v) is 4.39. The van der Waals surface area contributed by atoms with Gasteiger partial charge in [-0.25, -0.2) is 0 Å². The van der Waals surface area contributed by atoms with Crippen LogP contribution in [-0.4, -0.2) is 23.2 Å². The fraction of sp³-hybridized carbons (Fsp3) is 0.800. The van der Waals surface area contributed by atoms with Crippen molar-refractivity contribution >= 4 is 5.97 Å². The van der Waals surface area contributed by atoms with Gasteiger partial charge in [0.1, 0.15) is 0 Å². The average molecular weight is 198 g/mol. The van der Waals surface area contributed by atoms with E-state index in [-0.39, 0.29) is 0 Å². The third-order valence-corrected chi connectivity index (χ3v) is 2.90. The van der Waals surface area contributed by atoms with Crippen LogP contribution in [0, 0.1) is 16.7 Å². The number of rotatable bonds is 5. The molecule has 0 unspecified atom stereocenters. The fourth-order valence-corrected chi connectivity index (χ4v) is 0.919. The fourth-order valence-electron chi connectivity index (χ4n) is 0.919. The van der Waals surface area contributed by atoms with E-state index in [0.29, 0.717) is 13.0 Å². The maximum Gasteiger partial charge on any atom is 0.310 e. The van der Waals surface area contributed by atoms with Gasteiger partial charge in [0.2, 0.25) is 0 Å². The van der Waals surface area contributed by atoms with Gasteiger partial charge in [0.05, 0.1) is 11.5 Å². The number of carboxylic acids is 1. The number of nitrogens with one attached hydrogen (secondary N) is 1. The molecular formula is C10H18N2O2. The van der Waals surface area contributed by atoms with Gasteiger partial charge in [-0.1, -0.05) is 0 Å². The Hall–Kier alpha value is -1.08. The molecular weight excluding hydrogens is 180 g/mol. The van der Waals surface area contributed by atoms with E-state index >= 15 is 0 Å². The molecule has 14 heavy (non-hydrogen) atoms. The average Bonchev–Trinajstić information content (AvgIpc) is 2.04. The normalized spacial score (nSPS) is 12.2. The maximum atomic E-state index is 11.0. The van der Waals surface area contributed by atoms with Crippen LogP contribution in [0.1, 0.15) is 34.1 Å². The number of carboxylic acid groups (broad SMARTS) is 1. The van der Waals surface area contributed by atoms with E-state index in [2.05, 4.69) is 5.32 Å². The largest absolute Gasteiger partial charge is 0.481 e. The second kappa shape index (κ2) is 4.43. The van der Waals surface area contributed by atoms with Crippen molar-refractivity contribution in [2.24, 2.45) is 5.41 Å². The third kappa shape index (κ3) is 2.71. The molecule has 0 atom stereocenters. The molecule has 0 aliphatic rings. The lowest BCUT2D eigenvalue weighted by atomic mass is 9.74. The quantitative estimate of drug-likeness (QED) is 0.654. The molecule has 0 saturated carbocycles. The SMILES string of the molecule is CC(C)(NCCC#N)C(C)(C)C(=O)O. The highest BCUT2D eigenvalue weighted by Crippen LogP contribution is 2.30. The Morgan fingerprint density at radius 2 is 1.93 bits per heavy atom. The summed E-state index contributed by atoms with van der Waals surface area (Å²) in [5.74, 6) is -0.841. The highest BCUT2D eigenvalue weighted by Gasteiger charge is 2.42. The topological polar surface area (TPSA) is 73.1 Å². The Labute approximate surface area is 84.9 Å². The molecule has 0 bridgehead atoms. The molecule has 0 spiro atoms. The van der Waals surface area contributed by atoms with Crippen LogP contribution in [0.15, 0.2) is 0 Å². The van der Waals surface area contributed by atoms with Crippen LogP contribution in [0.3, 0.4) is 0 Å². The Balaban J connectivity index is 4.45. The lowest BCUT2D eigenvalue weighted by Gasteiger charge is -2.38. The summed E-state index contributed by atoms with van der Waals surface area (Å²) in [7, 11) is 0. The summed E-state index contributed by atoms with van der Waals surface area (Å²) in [6.07, 6.45) is 0.388. The van der Waals surface area contributed by atoms with Crippen LogP contribution >= 0.6 is 0 Å². The minimum atomic E-state index is -0.859. The van der Waals surface area contributed by atoms with Gasteiger partial charge >= 0.3 is 5.97 Å². The Bertz CT molecular complexity index is 251. The van der Waals surface area contributed by atoms with Crippen molar-refractivity contribution in [1.29, 1.82) is 5.26 Å². The standard InChI is InChI=1S/C10H18N2O2/c1-9(2,8(13)14)10(3,4)12-7-5-6-11/h12H,5,7H2,1-4H3,(H,13,14). The van der Waals surface area contributed by atoms with Crippen molar-refractivity contribution in [3.05, 3.63) is 0 Å². The maximum absolute atomic E-state index is 11.0. The van der Waals surface area contributed by atoms with Crippen molar-refractivity contribution in [2.75, 3.05) is 6.54 Å². The molecule has 0 aliphatic carbocycles. The van der Waals surface area contributed by atoms with E-state index < -0.39 is 16.9 Å². The summed E-state index contributed by atoms with van der Waals surface area (Å²) < 4.78 is 0. The molecule has 0 aromatic heterocycles. The van der Waals surface area contributed by atoms with E-state index in [0.717, 1.165) is 0 Å². The summed E-state index contributed by atoms with van der Waals surface area (Å²) in [5, 5.41) is 20.5. The summed E-state index contributed by atoms with van der Waals surface area (Å²) in [6, 6.07) is 2.01. The first-order chi connectivity index (χ1) is 6.25. The molecule has 0 fully saturated rings. The number of nitriles is 1.